The molecule has 0 radical (unpaired) electrons. The van der Waals surface area contributed by atoms with Crippen molar-refractivity contribution >= 4 is 22.9 Å². The molecule has 4 rings (SSSR count). The monoisotopic (exact) mass is 363 g/mol. The lowest BCUT2D eigenvalue weighted by molar-refractivity contribution is -0.120. The highest BCUT2D eigenvalue weighted by atomic mass is 32.1. The zero-order valence-corrected chi connectivity index (χ0v) is 15.8. The van der Waals surface area contributed by atoms with Gasteiger partial charge in [0.1, 0.15) is 5.01 Å². The van der Waals surface area contributed by atoms with Gasteiger partial charge in [0, 0.05) is 34.4 Å². The molecule has 1 aliphatic rings. The zero-order valence-electron chi connectivity index (χ0n) is 15.0. The van der Waals surface area contributed by atoms with Crippen LogP contribution in [0.5, 0.6) is 0 Å². The topological polar surface area (TPSA) is 54.9 Å². The van der Waals surface area contributed by atoms with E-state index in [9.17, 15) is 4.79 Å². The molecule has 0 spiro atoms. The number of hydrogen-bond acceptors (Lipinski definition) is 4. The van der Waals surface area contributed by atoms with E-state index >= 15 is 0 Å². The average molecular weight is 363 g/mol. The Kier molecular flexibility index (Phi) is 4.55. The number of aromatic nitrogens is 2. The van der Waals surface area contributed by atoms with Gasteiger partial charge in [-0.2, -0.15) is 0 Å². The molecule has 1 amide bonds. The van der Waals surface area contributed by atoms with Crippen LogP contribution < -0.4 is 5.32 Å². The molecule has 0 saturated heterocycles. The second-order valence-electron chi connectivity index (χ2n) is 6.88. The van der Waals surface area contributed by atoms with Crippen LogP contribution in [0.2, 0.25) is 0 Å². The fourth-order valence-electron chi connectivity index (χ4n) is 3.32. The van der Waals surface area contributed by atoms with Gasteiger partial charge in [0.25, 0.3) is 0 Å². The van der Waals surface area contributed by atoms with Crippen molar-refractivity contribution in [3.8, 4) is 10.6 Å². The Morgan fingerprint density at radius 1 is 1.27 bits per heavy atom. The lowest BCUT2D eigenvalue weighted by Gasteiger charge is -2.21. The van der Waals surface area contributed by atoms with Crippen molar-refractivity contribution in [3.05, 3.63) is 64.4 Å². The summed E-state index contributed by atoms with van der Waals surface area (Å²) < 4.78 is 0. The molecule has 0 fully saturated rings. The van der Waals surface area contributed by atoms with Gasteiger partial charge in [-0.25, -0.2) is 4.98 Å². The van der Waals surface area contributed by atoms with Gasteiger partial charge in [0.05, 0.1) is 5.69 Å². The first-order valence-corrected chi connectivity index (χ1v) is 9.69. The van der Waals surface area contributed by atoms with E-state index in [1.807, 2.05) is 44.3 Å². The minimum Gasteiger partial charge on any atom is -0.326 e. The fourth-order valence-corrected chi connectivity index (χ4v) is 4.49. The molecule has 132 valence electrons. The minimum atomic E-state index is 0.00427. The van der Waals surface area contributed by atoms with Gasteiger partial charge in [0.2, 0.25) is 5.91 Å². The van der Waals surface area contributed by atoms with Gasteiger partial charge in [-0.05, 0) is 62.4 Å². The summed E-state index contributed by atoms with van der Waals surface area (Å²) in [4.78, 5) is 23.0. The number of rotatable bonds is 3. The molecular weight excluding hydrogens is 342 g/mol. The number of aryl methyl sites for hydroxylation is 3. The summed E-state index contributed by atoms with van der Waals surface area (Å²) in [7, 11) is 0. The first kappa shape index (κ1) is 16.9. The van der Waals surface area contributed by atoms with Gasteiger partial charge >= 0.3 is 0 Å². The summed E-state index contributed by atoms with van der Waals surface area (Å²) in [6, 6.07) is 10.1. The van der Waals surface area contributed by atoms with E-state index in [-0.39, 0.29) is 11.8 Å². The molecule has 0 aliphatic heterocycles. The molecule has 1 aromatic carbocycles. The summed E-state index contributed by atoms with van der Waals surface area (Å²) in [5, 5.41) is 4.12. The molecule has 1 aliphatic carbocycles. The van der Waals surface area contributed by atoms with Crippen LogP contribution in [0.25, 0.3) is 10.6 Å². The van der Waals surface area contributed by atoms with Gasteiger partial charge in [-0.1, -0.05) is 12.1 Å². The van der Waals surface area contributed by atoms with E-state index in [1.165, 1.54) is 4.88 Å². The number of carbonyl (C=O) groups excluding carboxylic acids is 1. The van der Waals surface area contributed by atoms with Gasteiger partial charge in [-0.3, -0.25) is 9.78 Å². The molecule has 0 saturated carbocycles. The van der Waals surface area contributed by atoms with Crippen LogP contribution in [0.1, 0.15) is 28.1 Å². The first-order chi connectivity index (χ1) is 12.6. The van der Waals surface area contributed by atoms with E-state index in [0.717, 1.165) is 52.3 Å². The van der Waals surface area contributed by atoms with Gasteiger partial charge < -0.3 is 5.32 Å². The molecule has 1 unspecified atom stereocenters. The Morgan fingerprint density at radius 3 is 2.96 bits per heavy atom. The number of hydrogen-bond donors (Lipinski definition) is 1. The number of benzene rings is 1. The molecule has 5 heteroatoms. The van der Waals surface area contributed by atoms with E-state index in [4.69, 9.17) is 4.98 Å². The predicted octanol–water partition coefficient (Wildman–Crippen LogP) is 4.57. The number of pyridine rings is 1. The van der Waals surface area contributed by atoms with Crippen molar-refractivity contribution in [3.63, 3.8) is 0 Å². The van der Waals surface area contributed by atoms with Crippen molar-refractivity contribution in [1.82, 2.24) is 9.97 Å². The number of amides is 1. The summed E-state index contributed by atoms with van der Waals surface area (Å²) in [5.74, 6) is 0.116. The number of thiazole rings is 1. The molecule has 2 heterocycles. The van der Waals surface area contributed by atoms with Crippen molar-refractivity contribution in [2.45, 2.75) is 33.1 Å². The maximum atomic E-state index is 12.8. The molecule has 1 N–H and O–H groups in total. The van der Waals surface area contributed by atoms with Crippen LogP contribution in [0.4, 0.5) is 5.69 Å². The number of anilines is 1. The summed E-state index contributed by atoms with van der Waals surface area (Å²) in [6.07, 6.45) is 6.08. The maximum absolute atomic E-state index is 12.8. The highest BCUT2D eigenvalue weighted by molar-refractivity contribution is 7.15. The standard InChI is InChI=1S/C21H21N3OS/c1-13-5-6-14(2)18(10-13)23-20(25)15-7-8-17-19(11-15)26-21(24-17)16-4-3-9-22-12-16/h3-6,9-10,12,15H,7-8,11H2,1-2H3,(H,23,25). The lowest BCUT2D eigenvalue weighted by Crippen LogP contribution is -2.28. The fraction of sp³-hybridized carbons (Fsp3) is 0.286. The van der Waals surface area contributed by atoms with Crippen LogP contribution in [0, 0.1) is 19.8 Å². The molecular formula is C21H21N3OS. The smallest absolute Gasteiger partial charge is 0.227 e. The Labute approximate surface area is 157 Å². The predicted molar refractivity (Wildman–Crippen MR) is 105 cm³/mol. The molecule has 1 atom stereocenters. The SMILES string of the molecule is Cc1ccc(C)c(NC(=O)C2CCc3nc(-c4cccnc4)sc3C2)c1. The number of carbonyl (C=O) groups is 1. The number of nitrogens with zero attached hydrogens (tertiary/aromatic N) is 2. The molecule has 3 aromatic rings. The highest BCUT2D eigenvalue weighted by Gasteiger charge is 2.28. The molecule has 2 aromatic heterocycles. The summed E-state index contributed by atoms with van der Waals surface area (Å²) >= 11 is 1.69. The van der Waals surface area contributed by atoms with Crippen LogP contribution in [0.15, 0.2) is 42.7 Å². The largest absolute Gasteiger partial charge is 0.326 e. The van der Waals surface area contributed by atoms with E-state index in [0.29, 0.717) is 0 Å². The Bertz CT molecular complexity index is 949. The van der Waals surface area contributed by atoms with Gasteiger partial charge in [0.15, 0.2) is 0 Å². The average Bonchev–Trinajstić information content (AvgIpc) is 3.08. The second-order valence-corrected chi connectivity index (χ2v) is 7.96. The molecule has 4 nitrogen and oxygen atoms in total. The third kappa shape index (κ3) is 3.40. The number of fused-ring (bicyclic) bond motifs is 1. The summed E-state index contributed by atoms with van der Waals surface area (Å²) in [5.41, 5.74) is 5.35. The minimum absolute atomic E-state index is 0.00427. The van der Waals surface area contributed by atoms with Crippen molar-refractivity contribution < 1.29 is 4.79 Å². The third-order valence-corrected chi connectivity index (χ3v) is 6.04. The van der Waals surface area contributed by atoms with E-state index in [1.54, 1.807) is 17.5 Å². The van der Waals surface area contributed by atoms with Gasteiger partial charge in [-0.15, -0.1) is 11.3 Å². The van der Waals surface area contributed by atoms with Crippen molar-refractivity contribution in [2.24, 2.45) is 5.92 Å². The Hall–Kier alpha value is -2.53. The van der Waals surface area contributed by atoms with Crippen LogP contribution in [0.3, 0.4) is 0 Å². The summed E-state index contributed by atoms with van der Waals surface area (Å²) in [6.45, 7) is 4.07. The van der Waals surface area contributed by atoms with E-state index in [2.05, 4.69) is 16.4 Å². The normalized spacial score (nSPS) is 16.2. The molecule has 26 heavy (non-hydrogen) atoms. The van der Waals surface area contributed by atoms with Crippen LogP contribution in [-0.2, 0) is 17.6 Å². The number of nitrogens with one attached hydrogen (secondary N) is 1. The maximum Gasteiger partial charge on any atom is 0.227 e. The highest BCUT2D eigenvalue weighted by Crippen LogP contribution is 2.35. The van der Waals surface area contributed by atoms with Crippen LogP contribution in [-0.4, -0.2) is 15.9 Å². The van der Waals surface area contributed by atoms with Crippen molar-refractivity contribution in [1.29, 1.82) is 0 Å². The quantitative estimate of drug-likeness (QED) is 0.742. The second kappa shape index (κ2) is 7.00. The van der Waals surface area contributed by atoms with Crippen molar-refractivity contribution in [2.75, 3.05) is 5.32 Å². The lowest BCUT2D eigenvalue weighted by atomic mass is 9.90. The molecule has 0 bridgehead atoms. The third-order valence-electron chi connectivity index (χ3n) is 4.87. The first-order valence-electron chi connectivity index (χ1n) is 8.87. The van der Waals surface area contributed by atoms with E-state index < -0.39 is 0 Å². The Morgan fingerprint density at radius 2 is 2.15 bits per heavy atom. The Balaban J connectivity index is 1.50. The zero-order chi connectivity index (χ0) is 18.1. The van der Waals surface area contributed by atoms with Crippen LogP contribution >= 0.6 is 11.3 Å².